The second kappa shape index (κ2) is 9.87. The number of carboxylic acids is 1. The number of carbonyl (C=O) groups excluding carboxylic acids is 2. The molecule has 4 rings (SSSR count). The fourth-order valence-corrected chi connectivity index (χ4v) is 4.87. The number of fused-ring (bicyclic) bond motifs is 3. The van der Waals surface area contributed by atoms with Crippen LogP contribution in [0.25, 0.3) is 11.1 Å². The van der Waals surface area contributed by atoms with Crippen molar-refractivity contribution in [3.8, 4) is 11.1 Å². The Bertz CT molecular complexity index is 1240. The van der Waals surface area contributed by atoms with E-state index in [0.717, 1.165) is 22.3 Å². The summed E-state index contributed by atoms with van der Waals surface area (Å²) in [4.78, 5) is 41.1. The number of amides is 2. The first-order valence-corrected chi connectivity index (χ1v) is 12.1. The highest BCUT2D eigenvalue weighted by molar-refractivity contribution is 7.11. The molecule has 3 aromatic rings. The number of hydrogen-bond acceptors (Lipinski definition) is 6. The summed E-state index contributed by atoms with van der Waals surface area (Å²) in [6.07, 6.45) is -0.561. The van der Waals surface area contributed by atoms with Crippen LogP contribution in [-0.2, 0) is 16.1 Å². The molecule has 0 spiro atoms. The lowest BCUT2D eigenvalue weighted by Gasteiger charge is -2.19. The van der Waals surface area contributed by atoms with Crippen molar-refractivity contribution in [1.29, 1.82) is 0 Å². The Hall–Kier alpha value is -3.72. The van der Waals surface area contributed by atoms with Crippen molar-refractivity contribution in [2.75, 3.05) is 13.2 Å². The third kappa shape index (κ3) is 5.19. The Balaban J connectivity index is 1.32. The average molecular weight is 494 g/mol. The van der Waals surface area contributed by atoms with E-state index in [1.165, 1.54) is 25.2 Å². The number of thiazole rings is 1. The number of carboxylic acid groups (broad SMARTS) is 1. The van der Waals surface area contributed by atoms with E-state index in [1.807, 2.05) is 24.3 Å². The molecule has 8 nitrogen and oxygen atoms in total. The molecule has 0 unspecified atom stereocenters. The normalized spacial score (nSPS) is 12.5. The van der Waals surface area contributed by atoms with E-state index in [2.05, 4.69) is 39.9 Å². The molecule has 0 aliphatic heterocycles. The quantitative estimate of drug-likeness (QED) is 0.430. The van der Waals surface area contributed by atoms with Gasteiger partial charge in [0.05, 0.1) is 12.0 Å². The van der Waals surface area contributed by atoms with Gasteiger partial charge in [0, 0.05) is 17.3 Å². The Kier molecular flexibility index (Phi) is 6.88. The van der Waals surface area contributed by atoms with Crippen molar-refractivity contribution in [2.24, 2.45) is 5.41 Å². The van der Waals surface area contributed by atoms with Crippen LogP contribution < -0.4 is 10.6 Å². The SMILES string of the molecule is Cc1sc(CNC(=O)OCC2c3ccccc3-c3ccccc32)nc1C(=O)NCC(C)(C)C(=O)O. The summed E-state index contributed by atoms with van der Waals surface area (Å²) in [5.74, 6) is -1.47. The summed E-state index contributed by atoms with van der Waals surface area (Å²) >= 11 is 1.29. The van der Waals surface area contributed by atoms with Crippen LogP contribution in [0.4, 0.5) is 4.79 Å². The standard InChI is InChI=1S/C26H27N3O5S/c1-15-22(23(30)28-14-26(2,3)24(31)32)29-21(35-15)12-27-25(33)34-13-20-18-10-6-4-8-16(18)17-9-5-7-11-19(17)20/h4-11,20H,12-14H2,1-3H3,(H,27,33)(H,28,30)(H,31,32). The Labute approximate surface area is 207 Å². The maximum atomic E-state index is 12.5. The maximum absolute atomic E-state index is 12.5. The van der Waals surface area contributed by atoms with Gasteiger partial charge in [0.25, 0.3) is 5.91 Å². The maximum Gasteiger partial charge on any atom is 0.407 e. The molecule has 35 heavy (non-hydrogen) atoms. The van der Waals surface area contributed by atoms with Crippen LogP contribution in [0.2, 0.25) is 0 Å². The van der Waals surface area contributed by atoms with Crippen molar-refractivity contribution in [1.82, 2.24) is 15.6 Å². The molecular weight excluding hydrogens is 466 g/mol. The number of aromatic nitrogens is 1. The number of benzene rings is 2. The van der Waals surface area contributed by atoms with Gasteiger partial charge in [-0.25, -0.2) is 9.78 Å². The van der Waals surface area contributed by atoms with E-state index >= 15 is 0 Å². The van der Waals surface area contributed by atoms with Gasteiger partial charge in [-0.1, -0.05) is 48.5 Å². The number of nitrogens with zero attached hydrogens (tertiary/aromatic N) is 1. The predicted molar refractivity (Wildman–Crippen MR) is 133 cm³/mol. The van der Waals surface area contributed by atoms with Crippen LogP contribution in [0.5, 0.6) is 0 Å². The lowest BCUT2D eigenvalue weighted by atomic mass is 9.94. The lowest BCUT2D eigenvalue weighted by Crippen LogP contribution is -2.39. The van der Waals surface area contributed by atoms with Crippen LogP contribution in [0.3, 0.4) is 0 Å². The number of alkyl carbamates (subject to hydrolysis) is 1. The molecular formula is C26H27N3O5S. The van der Waals surface area contributed by atoms with E-state index in [0.29, 0.717) is 9.88 Å². The smallest absolute Gasteiger partial charge is 0.407 e. The van der Waals surface area contributed by atoms with Crippen LogP contribution >= 0.6 is 11.3 Å². The summed E-state index contributed by atoms with van der Waals surface area (Å²) in [5, 5.41) is 15.1. The molecule has 0 atom stereocenters. The molecule has 1 heterocycles. The minimum absolute atomic E-state index is 0.0224. The van der Waals surface area contributed by atoms with Gasteiger partial charge in [-0.3, -0.25) is 9.59 Å². The molecule has 0 saturated heterocycles. The molecule has 0 fully saturated rings. The van der Waals surface area contributed by atoms with Gasteiger partial charge in [0.15, 0.2) is 0 Å². The van der Waals surface area contributed by atoms with E-state index in [9.17, 15) is 19.5 Å². The van der Waals surface area contributed by atoms with Gasteiger partial charge in [-0.05, 0) is 43.0 Å². The first-order valence-electron chi connectivity index (χ1n) is 11.2. The largest absolute Gasteiger partial charge is 0.481 e. The number of carbonyl (C=O) groups is 3. The van der Waals surface area contributed by atoms with Gasteiger partial charge in [-0.15, -0.1) is 11.3 Å². The summed E-state index contributed by atoms with van der Waals surface area (Å²) in [7, 11) is 0. The number of hydrogen-bond donors (Lipinski definition) is 3. The van der Waals surface area contributed by atoms with E-state index in [4.69, 9.17) is 4.74 Å². The van der Waals surface area contributed by atoms with Gasteiger partial charge in [0.1, 0.15) is 17.3 Å². The van der Waals surface area contributed by atoms with Crippen LogP contribution in [-0.4, -0.2) is 41.2 Å². The highest BCUT2D eigenvalue weighted by Crippen LogP contribution is 2.44. The Morgan fingerprint density at radius 2 is 1.63 bits per heavy atom. The van der Waals surface area contributed by atoms with E-state index < -0.39 is 23.4 Å². The number of nitrogens with one attached hydrogen (secondary N) is 2. The molecule has 0 saturated carbocycles. The number of rotatable bonds is 8. The minimum Gasteiger partial charge on any atom is -0.481 e. The molecule has 1 aliphatic carbocycles. The Morgan fingerprint density at radius 1 is 1.03 bits per heavy atom. The molecule has 0 radical (unpaired) electrons. The first-order chi connectivity index (χ1) is 16.7. The zero-order chi connectivity index (χ0) is 25.2. The van der Waals surface area contributed by atoms with Crippen LogP contribution in [0.15, 0.2) is 48.5 Å². The predicted octanol–water partition coefficient (Wildman–Crippen LogP) is 4.33. The fourth-order valence-electron chi connectivity index (χ4n) is 4.00. The van der Waals surface area contributed by atoms with Crippen molar-refractivity contribution in [3.05, 3.63) is 75.2 Å². The van der Waals surface area contributed by atoms with Crippen molar-refractivity contribution in [3.63, 3.8) is 0 Å². The van der Waals surface area contributed by atoms with Gasteiger partial charge < -0.3 is 20.5 Å². The third-order valence-electron chi connectivity index (χ3n) is 6.05. The lowest BCUT2D eigenvalue weighted by molar-refractivity contribution is -0.146. The minimum atomic E-state index is -1.09. The molecule has 1 aliphatic rings. The molecule has 2 amide bonds. The zero-order valence-corrected chi connectivity index (χ0v) is 20.6. The summed E-state index contributed by atoms with van der Waals surface area (Å²) in [5.41, 5.74) is 3.73. The second-order valence-corrected chi connectivity index (χ2v) is 10.4. The third-order valence-corrected chi connectivity index (χ3v) is 7.02. The summed E-state index contributed by atoms with van der Waals surface area (Å²) in [6, 6.07) is 16.3. The van der Waals surface area contributed by atoms with Crippen molar-refractivity contribution in [2.45, 2.75) is 33.2 Å². The second-order valence-electron chi connectivity index (χ2n) is 9.06. The van der Waals surface area contributed by atoms with Crippen LogP contribution in [0.1, 0.15) is 51.3 Å². The molecule has 1 aromatic heterocycles. The summed E-state index contributed by atoms with van der Waals surface area (Å²) < 4.78 is 5.54. The number of aryl methyl sites for hydroxylation is 1. The zero-order valence-electron chi connectivity index (χ0n) is 19.8. The Morgan fingerprint density at radius 3 is 2.23 bits per heavy atom. The fraction of sp³-hybridized carbons (Fsp3) is 0.308. The monoisotopic (exact) mass is 493 g/mol. The molecule has 3 N–H and O–H groups in total. The topological polar surface area (TPSA) is 118 Å². The van der Waals surface area contributed by atoms with Crippen molar-refractivity contribution < 1.29 is 24.2 Å². The van der Waals surface area contributed by atoms with Crippen molar-refractivity contribution >= 4 is 29.3 Å². The van der Waals surface area contributed by atoms with Gasteiger partial charge in [0.2, 0.25) is 0 Å². The molecule has 0 bridgehead atoms. The highest BCUT2D eigenvalue weighted by atomic mass is 32.1. The highest BCUT2D eigenvalue weighted by Gasteiger charge is 2.30. The van der Waals surface area contributed by atoms with Crippen LogP contribution in [0, 0.1) is 12.3 Å². The number of aliphatic carboxylic acids is 1. The van der Waals surface area contributed by atoms with E-state index in [-0.39, 0.29) is 31.3 Å². The van der Waals surface area contributed by atoms with Gasteiger partial charge in [-0.2, -0.15) is 0 Å². The molecule has 2 aromatic carbocycles. The molecule has 182 valence electrons. The van der Waals surface area contributed by atoms with Gasteiger partial charge >= 0.3 is 12.1 Å². The summed E-state index contributed by atoms with van der Waals surface area (Å²) in [6.45, 7) is 5.14. The molecule has 9 heteroatoms. The number of ether oxygens (including phenoxy) is 1. The first kappa shape index (κ1) is 24.4. The van der Waals surface area contributed by atoms with E-state index in [1.54, 1.807) is 6.92 Å². The average Bonchev–Trinajstić information content (AvgIpc) is 3.37.